The second-order valence-electron chi connectivity index (χ2n) is 12.4. The SMILES string of the molecule is CC(C)(C)C.Cc1cc(C(=O)NC(Cc2ccc(F)cc2)C(=O)NCC(=O)N2CC(C(=O)Nc3ccccc3)CC2C#N)no1. The van der Waals surface area contributed by atoms with E-state index in [0.29, 0.717) is 22.4 Å². The summed E-state index contributed by atoms with van der Waals surface area (Å²) in [5, 5.41) is 21.1. The molecule has 45 heavy (non-hydrogen) atoms. The Morgan fingerprint density at radius 1 is 1.09 bits per heavy atom. The molecule has 4 rings (SSSR count). The molecule has 3 unspecified atom stereocenters. The van der Waals surface area contributed by atoms with Crippen molar-refractivity contribution in [3.05, 3.63) is 83.5 Å². The van der Waals surface area contributed by atoms with E-state index in [1.165, 1.54) is 35.2 Å². The summed E-state index contributed by atoms with van der Waals surface area (Å²) in [6.45, 7) is 9.93. The number of rotatable bonds is 9. The molecule has 1 saturated heterocycles. The summed E-state index contributed by atoms with van der Waals surface area (Å²) in [6, 6.07) is 15.8. The number of benzene rings is 2. The summed E-state index contributed by atoms with van der Waals surface area (Å²) in [6.07, 6.45) is 0.171. The van der Waals surface area contributed by atoms with Gasteiger partial charge in [-0.15, -0.1) is 0 Å². The number of nitrogens with zero attached hydrogens (tertiary/aromatic N) is 3. The highest BCUT2D eigenvalue weighted by Gasteiger charge is 2.39. The first-order chi connectivity index (χ1) is 21.2. The Bertz CT molecular complexity index is 1500. The number of aryl methyl sites for hydroxylation is 1. The predicted molar refractivity (Wildman–Crippen MR) is 165 cm³/mol. The summed E-state index contributed by atoms with van der Waals surface area (Å²) in [7, 11) is 0. The third-order valence-corrected chi connectivity index (χ3v) is 6.43. The van der Waals surface area contributed by atoms with Crippen molar-refractivity contribution in [1.29, 1.82) is 5.26 Å². The minimum atomic E-state index is -1.13. The second-order valence-corrected chi connectivity index (χ2v) is 12.4. The molecule has 1 fully saturated rings. The number of carbonyl (C=O) groups excluding carboxylic acids is 4. The lowest BCUT2D eigenvalue weighted by atomic mass is 10.0. The highest BCUT2D eigenvalue weighted by atomic mass is 19.1. The smallest absolute Gasteiger partial charge is 0.274 e. The van der Waals surface area contributed by atoms with Crippen molar-refractivity contribution >= 4 is 29.3 Å². The molecule has 3 aromatic rings. The molecule has 3 N–H and O–H groups in total. The first-order valence-electron chi connectivity index (χ1n) is 14.5. The Morgan fingerprint density at radius 3 is 2.31 bits per heavy atom. The molecule has 4 amide bonds. The van der Waals surface area contributed by atoms with Crippen molar-refractivity contribution in [2.45, 2.75) is 59.5 Å². The van der Waals surface area contributed by atoms with Crippen molar-refractivity contribution in [2.75, 3.05) is 18.4 Å². The van der Waals surface area contributed by atoms with Gasteiger partial charge in [0.05, 0.1) is 18.5 Å². The monoisotopic (exact) mass is 618 g/mol. The Morgan fingerprint density at radius 2 is 1.73 bits per heavy atom. The number of halogens is 1. The van der Waals surface area contributed by atoms with Gasteiger partial charge in [0.2, 0.25) is 17.7 Å². The highest BCUT2D eigenvalue weighted by Crippen LogP contribution is 2.24. The van der Waals surface area contributed by atoms with Gasteiger partial charge in [-0.25, -0.2) is 4.39 Å². The topological polar surface area (TPSA) is 157 Å². The van der Waals surface area contributed by atoms with Crippen LogP contribution in [0.3, 0.4) is 0 Å². The fourth-order valence-corrected chi connectivity index (χ4v) is 4.35. The van der Waals surface area contributed by atoms with Crippen LogP contribution in [0.1, 0.15) is 55.9 Å². The molecule has 0 spiro atoms. The lowest BCUT2D eigenvalue weighted by Crippen LogP contribution is -2.51. The molecule has 0 radical (unpaired) electrons. The maximum atomic E-state index is 13.4. The molecule has 0 aliphatic carbocycles. The molecule has 2 heterocycles. The van der Waals surface area contributed by atoms with E-state index in [1.54, 1.807) is 31.2 Å². The Balaban J connectivity index is 0.00000102. The number of anilines is 1. The Labute approximate surface area is 262 Å². The van der Waals surface area contributed by atoms with Gasteiger partial charge in [0.1, 0.15) is 23.7 Å². The molecule has 12 heteroatoms. The van der Waals surface area contributed by atoms with Gasteiger partial charge in [0.15, 0.2) is 5.69 Å². The number of aromatic nitrogens is 1. The van der Waals surface area contributed by atoms with Crippen LogP contribution < -0.4 is 16.0 Å². The number of likely N-dealkylation sites (tertiary alicyclic amines) is 1. The molecule has 3 atom stereocenters. The average molecular weight is 619 g/mol. The summed E-state index contributed by atoms with van der Waals surface area (Å²) >= 11 is 0. The van der Waals surface area contributed by atoms with Crippen LogP contribution >= 0.6 is 0 Å². The van der Waals surface area contributed by atoms with Crippen molar-refractivity contribution in [2.24, 2.45) is 11.3 Å². The first-order valence-corrected chi connectivity index (χ1v) is 14.5. The quantitative estimate of drug-likeness (QED) is 0.327. The molecule has 0 bridgehead atoms. The molecular weight excluding hydrogens is 579 g/mol. The first kappa shape index (κ1) is 34.4. The zero-order chi connectivity index (χ0) is 33.1. The normalized spacial score (nSPS) is 16.4. The van der Waals surface area contributed by atoms with Crippen LogP contribution in [0.2, 0.25) is 0 Å². The van der Waals surface area contributed by atoms with Crippen LogP contribution in [0.4, 0.5) is 10.1 Å². The predicted octanol–water partition coefficient (Wildman–Crippen LogP) is 4.01. The summed E-state index contributed by atoms with van der Waals surface area (Å²) in [5.74, 6) is -2.83. The second kappa shape index (κ2) is 15.6. The van der Waals surface area contributed by atoms with E-state index in [2.05, 4.69) is 48.8 Å². The fourth-order valence-electron chi connectivity index (χ4n) is 4.35. The fraction of sp³-hybridized carbons (Fsp3) is 0.394. The van der Waals surface area contributed by atoms with Gasteiger partial charge >= 0.3 is 0 Å². The maximum absolute atomic E-state index is 13.4. The summed E-state index contributed by atoms with van der Waals surface area (Å²) in [5.41, 5.74) is 1.65. The van der Waals surface area contributed by atoms with Crippen LogP contribution in [0.15, 0.2) is 65.2 Å². The van der Waals surface area contributed by atoms with Gasteiger partial charge in [0.25, 0.3) is 5.91 Å². The van der Waals surface area contributed by atoms with Gasteiger partial charge in [-0.3, -0.25) is 19.2 Å². The van der Waals surface area contributed by atoms with Gasteiger partial charge in [0, 0.05) is 24.7 Å². The van der Waals surface area contributed by atoms with Crippen molar-refractivity contribution < 1.29 is 28.1 Å². The maximum Gasteiger partial charge on any atom is 0.274 e. The molecule has 1 aromatic heterocycles. The molecule has 11 nitrogen and oxygen atoms in total. The van der Waals surface area contributed by atoms with Crippen molar-refractivity contribution in [1.82, 2.24) is 20.7 Å². The van der Waals surface area contributed by atoms with Crippen LogP contribution in [0.25, 0.3) is 0 Å². The molecule has 1 aliphatic rings. The lowest BCUT2D eigenvalue weighted by molar-refractivity contribution is -0.133. The number of nitrogens with one attached hydrogen (secondary N) is 3. The number of amides is 4. The lowest BCUT2D eigenvalue weighted by Gasteiger charge is -2.22. The van der Waals surface area contributed by atoms with Crippen molar-refractivity contribution in [3.8, 4) is 6.07 Å². The minimum Gasteiger partial charge on any atom is -0.361 e. The van der Waals surface area contributed by atoms with Crippen LogP contribution in [-0.4, -0.2) is 58.9 Å². The van der Waals surface area contributed by atoms with Gasteiger partial charge in [-0.2, -0.15) is 5.26 Å². The number of hydrogen-bond donors (Lipinski definition) is 3. The van der Waals surface area contributed by atoms with Crippen LogP contribution in [0, 0.1) is 35.4 Å². The molecule has 238 valence electrons. The van der Waals surface area contributed by atoms with Gasteiger partial charge in [-0.05, 0) is 48.6 Å². The minimum absolute atomic E-state index is 0.00907. The Hall–Kier alpha value is -5.05. The van der Waals surface area contributed by atoms with E-state index in [-0.39, 0.29) is 31.0 Å². The number of para-hydroxylation sites is 1. The van der Waals surface area contributed by atoms with Gasteiger partial charge in [-0.1, -0.05) is 63.2 Å². The van der Waals surface area contributed by atoms with E-state index < -0.39 is 48.1 Å². The van der Waals surface area contributed by atoms with E-state index >= 15 is 0 Å². The summed E-state index contributed by atoms with van der Waals surface area (Å²) < 4.78 is 18.3. The average Bonchev–Trinajstić information content (AvgIpc) is 3.63. The third kappa shape index (κ3) is 11.2. The van der Waals surface area contributed by atoms with E-state index in [1.807, 2.05) is 12.1 Å². The zero-order valence-corrected chi connectivity index (χ0v) is 26.1. The van der Waals surface area contributed by atoms with Crippen LogP contribution in [-0.2, 0) is 20.8 Å². The third-order valence-electron chi connectivity index (χ3n) is 6.43. The molecule has 1 aliphatic heterocycles. The van der Waals surface area contributed by atoms with Gasteiger partial charge < -0.3 is 25.4 Å². The zero-order valence-electron chi connectivity index (χ0n) is 26.1. The number of hydrogen-bond acceptors (Lipinski definition) is 7. The largest absolute Gasteiger partial charge is 0.361 e. The Kier molecular flexibility index (Phi) is 11.9. The van der Waals surface area contributed by atoms with E-state index in [4.69, 9.17) is 4.52 Å². The number of nitriles is 1. The van der Waals surface area contributed by atoms with E-state index in [0.717, 1.165) is 0 Å². The molecular formula is C33H39FN6O5. The molecule has 0 saturated carbocycles. The summed E-state index contributed by atoms with van der Waals surface area (Å²) in [4.78, 5) is 52.7. The van der Waals surface area contributed by atoms with Crippen molar-refractivity contribution in [3.63, 3.8) is 0 Å². The van der Waals surface area contributed by atoms with Crippen LogP contribution in [0.5, 0.6) is 0 Å². The van der Waals surface area contributed by atoms with E-state index in [9.17, 15) is 28.8 Å². The standard InChI is InChI=1S/C28H27FN6O5.C5H12/c1-17-11-24(34-40-17)28(39)33-23(12-18-7-9-20(29)10-8-18)27(38)31-15-25(36)35-16-19(13-22(35)14-30)26(37)32-21-5-3-2-4-6-21;1-5(2,3)4/h2-11,19,22-23H,12-13,15-16H2,1H3,(H,31,38)(H,32,37)(H,33,39);1-4H3. The molecule has 2 aromatic carbocycles. The highest BCUT2D eigenvalue weighted by molar-refractivity contribution is 5.97. The number of carbonyl (C=O) groups is 4.